The highest BCUT2D eigenvalue weighted by molar-refractivity contribution is 6.20. The molecule has 0 rings (SSSR count). The van der Waals surface area contributed by atoms with Crippen LogP contribution in [0, 0.1) is 0 Å². The van der Waals surface area contributed by atoms with Crippen molar-refractivity contribution in [1.29, 1.82) is 0 Å². The molecule has 0 aromatic rings. The Kier molecular flexibility index (Phi) is 7.72. The van der Waals surface area contributed by atoms with E-state index >= 15 is 0 Å². The van der Waals surface area contributed by atoms with Crippen molar-refractivity contribution in [3.63, 3.8) is 0 Å². The van der Waals surface area contributed by atoms with Crippen molar-refractivity contribution in [1.82, 2.24) is 0 Å². The maximum Gasteiger partial charge on any atom is 0.413 e. The molecule has 0 radical (unpaired) electrons. The minimum absolute atomic E-state index is 0.214. The van der Waals surface area contributed by atoms with Gasteiger partial charge in [-0.05, 0) is 39.7 Å². The van der Waals surface area contributed by atoms with Crippen molar-refractivity contribution in [2.24, 2.45) is 0 Å². The summed E-state index contributed by atoms with van der Waals surface area (Å²) in [4.78, 5) is 13.3. The average molecular weight is 222 g/mol. The Morgan fingerprint density at radius 1 is 1.31 bits per heavy atom. The summed E-state index contributed by atoms with van der Waals surface area (Å²) >= 11 is 0. The van der Waals surface area contributed by atoms with Gasteiger partial charge in [-0.15, -0.1) is 0 Å². The van der Waals surface area contributed by atoms with Crippen LogP contribution in [0.5, 0.6) is 0 Å². The quantitative estimate of drug-likeness (QED) is 0.228. The first-order chi connectivity index (χ1) is 7.56. The monoisotopic (exact) mass is 222 g/mol. The van der Waals surface area contributed by atoms with E-state index in [0.29, 0.717) is 0 Å². The maximum atomic E-state index is 10.8. The predicted octanol–water partition coefficient (Wildman–Crippen LogP) is 2.52. The number of esters is 1. The van der Waals surface area contributed by atoms with E-state index in [-0.39, 0.29) is 6.61 Å². The second-order valence-electron chi connectivity index (χ2n) is 3.75. The lowest BCUT2D eigenvalue weighted by Gasteiger charge is -1.99. The molecule has 0 unspecified atom stereocenters. The first-order valence-corrected chi connectivity index (χ1v) is 5.19. The first-order valence-electron chi connectivity index (χ1n) is 5.19. The molecule has 0 saturated heterocycles. The number of carbonyl (C=O) groups is 1. The van der Waals surface area contributed by atoms with Crippen molar-refractivity contribution in [3.8, 4) is 0 Å². The summed E-state index contributed by atoms with van der Waals surface area (Å²) in [6, 6.07) is 0. The summed E-state index contributed by atoms with van der Waals surface area (Å²) in [6.07, 6.45) is 6.70. The van der Waals surface area contributed by atoms with Gasteiger partial charge in [-0.2, -0.15) is 4.79 Å². The average Bonchev–Trinajstić information content (AvgIpc) is 2.17. The Balaban J connectivity index is 3.83. The lowest BCUT2D eigenvalue weighted by Crippen LogP contribution is -2.06. The molecule has 0 amide bonds. The highest BCUT2D eigenvalue weighted by Gasteiger charge is 2.00. The summed E-state index contributed by atoms with van der Waals surface area (Å²) in [5.74, 6) is -0.643. The molecule has 0 saturated carbocycles. The molecule has 16 heavy (non-hydrogen) atoms. The molecule has 4 nitrogen and oxygen atoms in total. The van der Waals surface area contributed by atoms with Gasteiger partial charge < -0.3 is 10.3 Å². The molecule has 0 aliphatic heterocycles. The predicted molar refractivity (Wildman–Crippen MR) is 63.1 cm³/mol. The minimum atomic E-state index is -0.643. The van der Waals surface area contributed by atoms with E-state index in [2.05, 4.69) is 24.7 Å². The largest absolute Gasteiger partial charge is 0.453 e. The number of carbonyl (C=O) groups excluding carboxylic acids is 1. The van der Waals surface area contributed by atoms with Crippen molar-refractivity contribution in [2.75, 3.05) is 6.61 Å². The Bertz CT molecular complexity index is 333. The lowest BCUT2D eigenvalue weighted by atomic mass is 10.1. The minimum Gasteiger partial charge on any atom is -0.453 e. The molecule has 0 fully saturated rings. The topological polar surface area (TPSA) is 62.7 Å². The van der Waals surface area contributed by atoms with Crippen molar-refractivity contribution < 1.29 is 14.3 Å². The molecule has 0 aliphatic carbocycles. The van der Waals surface area contributed by atoms with Crippen LogP contribution in [0.25, 0.3) is 5.53 Å². The number of hydrogen-bond acceptors (Lipinski definition) is 2. The van der Waals surface area contributed by atoms with Gasteiger partial charge in [-0.3, -0.25) is 0 Å². The molecular weight excluding hydrogens is 204 g/mol. The molecule has 0 aliphatic rings. The smallest absolute Gasteiger partial charge is 0.413 e. The number of rotatable bonds is 6. The SMILES string of the molecule is CC(C)=CCC/C(C)=C\COC(=O)C=[N+]=[N-]. The third kappa shape index (κ3) is 8.91. The van der Waals surface area contributed by atoms with Crippen LogP contribution in [0.4, 0.5) is 0 Å². The summed E-state index contributed by atoms with van der Waals surface area (Å²) in [6.45, 7) is 6.34. The van der Waals surface area contributed by atoms with Gasteiger partial charge in [0.25, 0.3) is 0 Å². The van der Waals surface area contributed by atoms with E-state index in [0.717, 1.165) is 19.1 Å². The molecule has 0 spiro atoms. The fraction of sp³-hybridized carbons (Fsp3) is 0.500. The van der Waals surface area contributed by atoms with Gasteiger partial charge in [0.2, 0.25) is 0 Å². The Morgan fingerprint density at radius 2 is 2.00 bits per heavy atom. The highest BCUT2D eigenvalue weighted by Crippen LogP contribution is 2.06. The van der Waals surface area contributed by atoms with Crippen LogP contribution in [0.15, 0.2) is 23.3 Å². The van der Waals surface area contributed by atoms with E-state index in [1.165, 1.54) is 11.1 Å². The lowest BCUT2D eigenvalue weighted by molar-refractivity contribution is -0.137. The van der Waals surface area contributed by atoms with Gasteiger partial charge >= 0.3 is 12.2 Å². The third-order valence-electron chi connectivity index (χ3n) is 1.91. The standard InChI is InChI=1S/C12H18N2O2/c1-10(2)5-4-6-11(3)7-8-16-12(15)9-14-13/h5,7,9H,4,6,8H2,1-3H3/b11-7-. The summed E-state index contributed by atoms with van der Waals surface area (Å²) in [5.41, 5.74) is 10.5. The number of nitrogens with zero attached hydrogens (tertiary/aromatic N) is 2. The fourth-order valence-electron chi connectivity index (χ4n) is 1.04. The van der Waals surface area contributed by atoms with E-state index in [9.17, 15) is 4.79 Å². The number of hydrogen-bond donors (Lipinski definition) is 0. The van der Waals surface area contributed by atoms with E-state index < -0.39 is 5.97 Å². The summed E-state index contributed by atoms with van der Waals surface area (Å²) in [7, 11) is 0. The molecule has 88 valence electrons. The van der Waals surface area contributed by atoms with Gasteiger partial charge in [0.15, 0.2) is 0 Å². The van der Waals surface area contributed by atoms with Crippen LogP contribution in [0.1, 0.15) is 33.6 Å². The zero-order chi connectivity index (χ0) is 12.4. The van der Waals surface area contributed by atoms with Crippen LogP contribution in [0.2, 0.25) is 0 Å². The normalized spacial score (nSPS) is 10.3. The molecule has 0 heterocycles. The molecular formula is C12H18N2O2. The summed E-state index contributed by atoms with van der Waals surface area (Å²) < 4.78 is 4.74. The van der Waals surface area contributed by atoms with Gasteiger partial charge in [0, 0.05) is 0 Å². The van der Waals surface area contributed by atoms with Crippen LogP contribution < -0.4 is 0 Å². The first kappa shape index (κ1) is 14.3. The van der Waals surface area contributed by atoms with E-state index in [4.69, 9.17) is 10.3 Å². The van der Waals surface area contributed by atoms with Crippen LogP contribution in [0.3, 0.4) is 0 Å². The van der Waals surface area contributed by atoms with E-state index in [1.807, 2.05) is 13.0 Å². The van der Waals surface area contributed by atoms with Crippen molar-refractivity contribution >= 4 is 12.2 Å². The Hall–Kier alpha value is -1.67. The van der Waals surface area contributed by atoms with Gasteiger partial charge in [0.05, 0.1) is 0 Å². The van der Waals surface area contributed by atoms with Gasteiger partial charge in [-0.1, -0.05) is 17.2 Å². The molecule has 0 atom stereocenters. The van der Waals surface area contributed by atoms with Crippen LogP contribution in [-0.4, -0.2) is 23.6 Å². The third-order valence-corrected chi connectivity index (χ3v) is 1.91. The maximum absolute atomic E-state index is 10.8. The zero-order valence-corrected chi connectivity index (χ0v) is 10.1. The molecule has 0 aromatic carbocycles. The highest BCUT2D eigenvalue weighted by atomic mass is 16.5. The Labute approximate surface area is 96.2 Å². The fourth-order valence-corrected chi connectivity index (χ4v) is 1.04. The molecule has 0 aromatic heterocycles. The zero-order valence-electron chi connectivity index (χ0n) is 10.1. The van der Waals surface area contributed by atoms with Crippen LogP contribution in [-0.2, 0) is 9.53 Å². The van der Waals surface area contributed by atoms with Crippen LogP contribution >= 0.6 is 0 Å². The number of ether oxygens (including phenoxy) is 1. The summed E-state index contributed by atoms with van der Waals surface area (Å²) in [5, 5.41) is 0. The van der Waals surface area contributed by atoms with Gasteiger partial charge in [-0.25, -0.2) is 4.79 Å². The molecule has 4 heteroatoms. The molecule has 0 N–H and O–H groups in total. The number of allylic oxidation sites excluding steroid dienone is 3. The van der Waals surface area contributed by atoms with E-state index in [1.54, 1.807) is 0 Å². The Morgan fingerprint density at radius 3 is 2.56 bits per heavy atom. The molecule has 0 bridgehead atoms. The van der Waals surface area contributed by atoms with Crippen molar-refractivity contribution in [2.45, 2.75) is 33.6 Å². The second kappa shape index (κ2) is 8.62. The second-order valence-corrected chi connectivity index (χ2v) is 3.75. The van der Waals surface area contributed by atoms with Gasteiger partial charge in [0.1, 0.15) is 6.61 Å². The van der Waals surface area contributed by atoms with Crippen molar-refractivity contribution in [3.05, 3.63) is 28.8 Å².